The minimum Gasteiger partial charge on any atom is -0.342 e. The van der Waals surface area contributed by atoms with Gasteiger partial charge in [-0.25, -0.2) is 0 Å². The van der Waals surface area contributed by atoms with Crippen LogP contribution in [0.4, 0.5) is 5.69 Å². The highest BCUT2D eigenvalue weighted by atomic mass is 16.2. The normalized spacial score (nSPS) is 22.9. The highest BCUT2D eigenvalue weighted by molar-refractivity contribution is 6.08. The van der Waals surface area contributed by atoms with Crippen LogP contribution in [0.2, 0.25) is 0 Å². The van der Waals surface area contributed by atoms with E-state index in [1.54, 1.807) is 11.8 Å². The Morgan fingerprint density at radius 3 is 2.29 bits per heavy atom. The van der Waals surface area contributed by atoms with Gasteiger partial charge in [0, 0.05) is 5.69 Å². The van der Waals surface area contributed by atoms with Crippen LogP contribution in [0, 0.1) is 5.92 Å². The molecule has 1 heterocycles. The summed E-state index contributed by atoms with van der Waals surface area (Å²) in [5.74, 6) is 0.253. The first kappa shape index (κ1) is 15.5. The molecule has 1 fully saturated rings. The fourth-order valence-electron chi connectivity index (χ4n) is 2.77. The Labute approximate surface area is 126 Å². The summed E-state index contributed by atoms with van der Waals surface area (Å²) in [7, 11) is 0. The first-order valence-corrected chi connectivity index (χ1v) is 7.57. The minimum atomic E-state index is -0.479. The molecule has 2 atom stereocenters. The van der Waals surface area contributed by atoms with Crippen molar-refractivity contribution in [1.82, 2.24) is 5.32 Å². The smallest absolute Gasteiger partial charge is 0.250 e. The SMILES string of the molecule is CC(C)c1ccccc1N1C(=O)C(C(C)C)NC(=O)C1C. The van der Waals surface area contributed by atoms with Crippen LogP contribution in [0.5, 0.6) is 0 Å². The first-order chi connectivity index (χ1) is 9.84. The zero-order valence-electron chi connectivity index (χ0n) is 13.4. The van der Waals surface area contributed by atoms with Crippen molar-refractivity contribution in [3.63, 3.8) is 0 Å². The molecule has 2 unspecified atom stereocenters. The number of carbonyl (C=O) groups is 2. The quantitative estimate of drug-likeness (QED) is 0.929. The van der Waals surface area contributed by atoms with Crippen LogP contribution in [0.1, 0.15) is 46.1 Å². The Bertz CT molecular complexity index is 551. The topological polar surface area (TPSA) is 49.4 Å². The molecule has 1 aromatic carbocycles. The molecule has 4 nitrogen and oxygen atoms in total. The van der Waals surface area contributed by atoms with Gasteiger partial charge in [-0.1, -0.05) is 45.9 Å². The second-order valence-corrected chi connectivity index (χ2v) is 6.33. The van der Waals surface area contributed by atoms with Crippen molar-refractivity contribution in [3.8, 4) is 0 Å². The third kappa shape index (κ3) is 2.80. The molecule has 0 radical (unpaired) electrons. The third-order valence-electron chi connectivity index (χ3n) is 4.05. The zero-order chi connectivity index (χ0) is 15.7. The summed E-state index contributed by atoms with van der Waals surface area (Å²) < 4.78 is 0. The molecule has 1 saturated heterocycles. The van der Waals surface area contributed by atoms with Crippen molar-refractivity contribution in [2.45, 2.75) is 52.6 Å². The van der Waals surface area contributed by atoms with E-state index in [2.05, 4.69) is 19.2 Å². The largest absolute Gasteiger partial charge is 0.342 e. The van der Waals surface area contributed by atoms with Gasteiger partial charge in [-0.05, 0) is 30.4 Å². The standard InChI is InChI=1S/C17H24N2O2/c1-10(2)13-8-6-7-9-14(13)19-12(5)16(20)18-15(11(3)4)17(19)21/h6-12,15H,1-5H3,(H,18,20). The highest BCUT2D eigenvalue weighted by Crippen LogP contribution is 2.31. The van der Waals surface area contributed by atoms with Gasteiger partial charge in [0.25, 0.3) is 5.91 Å². The second-order valence-electron chi connectivity index (χ2n) is 6.33. The van der Waals surface area contributed by atoms with Gasteiger partial charge in [0.1, 0.15) is 12.1 Å². The molecule has 2 rings (SSSR count). The molecular weight excluding hydrogens is 264 g/mol. The number of nitrogens with zero attached hydrogens (tertiary/aromatic N) is 1. The number of amides is 2. The highest BCUT2D eigenvalue weighted by Gasteiger charge is 2.40. The lowest BCUT2D eigenvalue weighted by atomic mass is 9.94. The molecule has 1 aliphatic rings. The van der Waals surface area contributed by atoms with Gasteiger partial charge in [0.15, 0.2) is 0 Å². The molecule has 2 amide bonds. The third-order valence-corrected chi connectivity index (χ3v) is 4.05. The summed E-state index contributed by atoms with van der Waals surface area (Å²) in [5, 5.41) is 2.83. The average molecular weight is 288 g/mol. The second kappa shape index (κ2) is 5.88. The van der Waals surface area contributed by atoms with E-state index in [0.29, 0.717) is 5.92 Å². The number of carbonyl (C=O) groups excluding carboxylic acids is 2. The fourth-order valence-corrected chi connectivity index (χ4v) is 2.77. The molecule has 114 valence electrons. The van der Waals surface area contributed by atoms with Gasteiger partial charge in [-0.3, -0.25) is 14.5 Å². The maximum Gasteiger partial charge on any atom is 0.250 e. The van der Waals surface area contributed by atoms with E-state index in [1.807, 2.05) is 38.1 Å². The molecule has 1 aromatic rings. The number of piperazine rings is 1. The van der Waals surface area contributed by atoms with E-state index < -0.39 is 12.1 Å². The zero-order valence-corrected chi connectivity index (χ0v) is 13.4. The van der Waals surface area contributed by atoms with Gasteiger partial charge in [0.05, 0.1) is 0 Å². The Morgan fingerprint density at radius 2 is 1.71 bits per heavy atom. The number of nitrogens with one attached hydrogen (secondary N) is 1. The number of hydrogen-bond donors (Lipinski definition) is 1. The molecule has 0 spiro atoms. The van der Waals surface area contributed by atoms with Crippen LogP contribution in [0.25, 0.3) is 0 Å². The number of benzene rings is 1. The number of rotatable bonds is 3. The monoisotopic (exact) mass is 288 g/mol. The predicted octanol–water partition coefficient (Wildman–Crippen LogP) is 2.69. The molecule has 21 heavy (non-hydrogen) atoms. The number of para-hydroxylation sites is 1. The van der Waals surface area contributed by atoms with Crippen LogP contribution >= 0.6 is 0 Å². The Morgan fingerprint density at radius 1 is 1.10 bits per heavy atom. The van der Waals surface area contributed by atoms with Crippen LogP contribution in [0.15, 0.2) is 24.3 Å². The van der Waals surface area contributed by atoms with Crippen LogP contribution in [-0.4, -0.2) is 23.9 Å². The summed E-state index contributed by atoms with van der Waals surface area (Å²) in [6.45, 7) is 9.87. The lowest BCUT2D eigenvalue weighted by Crippen LogP contribution is -2.64. The maximum atomic E-state index is 12.8. The molecule has 1 aliphatic heterocycles. The van der Waals surface area contributed by atoms with E-state index in [-0.39, 0.29) is 17.7 Å². The van der Waals surface area contributed by atoms with Gasteiger partial charge < -0.3 is 5.32 Å². The molecule has 1 N–H and O–H groups in total. The first-order valence-electron chi connectivity index (χ1n) is 7.57. The van der Waals surface area contributed by atoms with Crippen molar-refractivity contribution in [2.75, 3.05) is 4.90 Å². The van der Waals surface area contributed by atoms with Crippen molar-refractivity contribution >= 4 is 17.5 Å². The van der Waals surface area contributed by atoms with Crippen LogP contribution in [-0.2, 0) is 9.59 Å². The van der Waals surface area contributed by atoms with Crippen molar-refractivity contribution in [2.24, 2.45) is 5.92 Å². The molecule has 0 saturated carbocycles. The van der Waals surface area contributed by atoms with Gasteiger partial charge in [-0.2, -0.15) is 0 Å². The van der Waals surface area contributed by atoms with E-state index in [0.717, 1.165) is 11.3 Å². The van der Waals surface area contributed by atoms with E-state index in [9.17, 15) is 9.59 Å². The van der Waals surface area contributed by atoms with Gasteiger partial charge in [-0.15, -0.1) is 0 Å². The molecular formula is C17H24N2O2. The van der Waals surface area contributed by atoms with Crippen molar-refractivity contribution in [1.29, 1.82) is 0 Å². The van der Waals surface area contributed by atoms with E-state index >= 15 is 0 Å². The number of hydrogen-bond acceptors (Lipinski definition) is 2. The minimum absolute atomic E-state index is 0.0230. The average Bonchev–Trinajstić information content (AvgIpc) is 2.43. The van der Waals surface area contributed by atoms with Crippen molar-refractivity contribution < 1.29 is 9.59 Å². The summed E-state index contributed by atoms with van der Waals surface area (Å²) in [6.07, 6.45) is 0. The van der Waals surface area contributed by atoms with Crippen molar-refractivity contribution in [3.05, 3.63) is 29.8 Å². The summed E-state index contributed by atoms with van der Waals surface area (Å²) in [4.78, 5) is 26.7. The molecule has 0 aromatic heterocycles. The summed E-state index contributed by atoms with van der Waals surface area (Å²) in [6, 6.07) is 6.91. The van der Waals surface area contributed by atoms with E-state index in [4.69, 9.17) is 0 Å². The lowest BCUT2D eigenvalue weighted by Gasteiger charge is -2.40. The fraction of sp³-hybridized carbons (Fsp3) is 0.529. The maximum absolute atomic E-state index is 12.8. The van der Waals surface area contributed by atoms with Crippen LogP contribution in [0.3, 0.4) is 0 Å². The predicted molar refractivity (Wildman–Crippen MR) is 84.2 cm³/mol. The summed E-state index contributed by atoms with van der Waals surface area (Å²) in [5.41, 5.74) is 1.94. The Hall–Kier alpha value is -1.84. The van der Waals surface area contributed by atoms with Gasteiger partial charge >= 0.3 is 0 Å². The van der Waals surface area contributed by atoms with E-state index in [1.165, 1.54) is 0 Å². The Balaban J connectivity index is 2.49. The molecule has 4 heteroatoms. The molecule has 0 bridgehead atoms. The summed E-state index contributed by atoms with van der Waals surface area (Å²) >= 11 is 0. The van der Waals surface area contributed by atoms with Gasteiger partial charge in [0.2, 0.25) is 5.91 Å². The van der Waals surface area contributed by atoms with Crippen LogP contribution < -0.4 is 10.2 Å². The molecule has 0 aliphatic carbocycles. The lowest BCUT2D eigenvalue weighted by molar-refractivity contribution is -0.134. The Kier molecular flexibility index (Phi) is 4.35. The number of anilines is 1.